The fraction of sp³-hybridized carbons (Fsp3) is 0.278. The molecule has 8 heteroatoms. The molecule has 2 aromatic rings. The number of sulfonamides is 1. The van der Waals surface area contributed by atoms with Gasteiger partial charge in [0, 0.05) is 30.2 Å². The summed E-state index contributed by atoms with van der Waals surface area (Å²) < 4.78 is 26.7. The van der Waals surface area contributed by atoms with Gasteiger partial charge in [-0.25, -0.2) is 8.42 Å². The van der Waals surface area contributed by atoms with E-state index in [4.69, 9.17) is 23.2 Å². The molecule has 0 aliphatic rings. The average Bonchev–Trinajstić information content (AvgIpc) is 2.60. The number of benzene rings is 2. The van der Waals surface area contributed by atoms with E-state index in [9.17, 15) is 13.2 Å². The van der Waals surface area contributed by atoms with Crippen LogP contribution in [0.5, 0.6) is 0 Å². The maximum absolute atomic E-state index is 12.7. The van der Waals surface area contributed by atoms with Crippen LogP contribution in [-0.2, 0) is 16.6 Å². The van der Waals surface area contributed by atoms with E-state index in [-0.39, 0.29) is 22.0 Å². The second kappa shape index (κ2) is 8.86. The number of nitrogens with zero attached hydrogens (tertiary/aromatic N) is 1. The highest BCUT2D eigenvalue weighted by molar-refractivity contribution is 7.89. The van der Waals surface area contributed by atoms with Crippen LogP contribution in [0, 0.1) is 0 Å². The topological polar surface area (TPSA) is 66.5 Å². The van der Waals surface area contributed by atoms with E-state index >= 15 is 0 Å². The highest BCUT2D eigenvalue weighted by atomic mass is 35.5. The Hall–Kier alpha value is -1.60. The zero-order valence-electron chi connectivity index (χ0n) is 14.5. The molecule has 0 aliphatic carbocycles. The number of rotatable bonds is 7. The predicted molar refractivity (Wildman–Crippen MR) is 104 cm³/mol. The first-order chi connectivity index (χ1) is 12.3. The summed E-state index contributed by atoms with van der Waals surface area (Å²) >= 11 is 12.0. The van der Waals surface area contributed by atoms with Crippen LogP contribution >= 0.6 is 23.2 Å². The van der Waals surface area contributed by atoms with Gasteiger partial charge in [-0.15, -0.1) is 0 Å². The van der Waals surface area contributed by atoms with Crippen LogP contribution in [0.2, 0.25) is 10.0 Å². The number of amides is 1. The van der Waals surface area contributed by atoms with Crippen molar-refractivity contribution >= 4 is 39.1 Å². The molecule has 0 saturated heterocycles. The van der Waals surface area contributed by atoms with Crippen LogP contribution in [-0.4, -0.2) is 31.7 Å². The highest BCUT2D eigenvalue weighted by Crippen LogP contribution is 2.26. The molecule has 140 valence electrons. The van der Waals surface area contributed by atoms with Crippen molar-refractivity contribution in [1.82, 2.24) is 9.62 Å². The Labute approximate surface area is 164 Å². The predicted octanol–water partition coefficient (Wildman–Crippen LogP) is 3.95. The number of nitrogens with one attached hydrogen (secondary N) is 1. The Kier molecular flexibility index (Phi) is 7.06. The molecule has 0 aliphatic heterocycles. The maximum atomic E-state index is 12.7. The van der Waals surface area contributed by atoms with Crippen molar-refractivity contribution in [3.05, 3.63) is 63.6 Å². The molecule has 2 rings (SSSR count). The first kappa shape index (κ1) is 20.7. The summed E-state index contributed by atoms with van der Waals surface area (Å²) in [6, 6.07) is 11.4. The summed E-state index contributed by atoms with van der Waals surface area (Å²) in [5.41, 5.74) is 1.07. The van der Waals surface area contributed by atoms with E-state index in [1.165, 1.54) is 22.5 Å². The normalized spacial score (nSPS) is 11.6. The summed E-state index contributed by atoms with van der Waals surface area (Å²) in [4.78, 5) is 12.3. The van der Waals surface area contributed by atoms with E-state index in [0.29, 0.717) is 18.1 Å². The molecule has 26 heavy (non-hydrogen) atoms. The molecule has 0 heterocycles. The number of hydrogen-bond donors (Lipinski definition) is 1. The minimum absolute atomic E-state index is 0.0710. The average molecular weight is 415 g/mol. The van der Waals surface area contributed by atoms with Crippen molar-refractivity contribution < 1.29 is 13.2 Å². The summed E-state index contributed by atoms with van der Waals surface area (Å²) in [6.45, 7) is 4.41. The SMILES string of the molecule is CCN(CC)S(=O)(=O)c1cc(C(=O)NCc2cccc(Cl)c2)ccc1Cl. The third kappa shape index (κ3) is 4.76. The maximum Gasteiger partial charge on any atom is 0.251 e. The third-order valence-electron chi connectivity index (χ3n) is 3.86. The quantitative estimate of drug-likeness (QED) is 0.745. The lowest BCUT2D eigenvalue weighted by Gasteiger charge is -2.19. The number of carbonyl (C=O) groups excluding carboxylic acids is 1. The van der Waals surface area contributed by atoms with Crippen molar-refractivity contribution in [2.75, 3.05) is 13.1 Å². The number of hydrogen-bond acceptors (Lipinski definition) is 3. The lowest BCUT2D eigenvalue weighted by atomic mass is 10.2. The first-order valence-corrected chi connectivity index (χ1v) is 10.3. The van der Waals surface area contributed by atoms with Crippen LogP contribution in [0.3, 0.4) is 0 Å². The Bertz CT molecular complexity index is 897. The van der Waals surface area contributed by atoms with E-state index in [1.54, 1.807) is 32.0 Å². The van der Waals surface area contributed by atoms with Gasteiger partial charge in [-0.05, 0) is 35.9 Å². The molecule has 2 aromatic carbocycles. The number of halogens is 2. The van der Waals surface area contributed by atoms with Crippen LogP contribution in [0.1, 0.15) is 29.8 Å². The lowest BCUT2D eigenvalue weighted by Crippen LogP contribution is -2.31. The Morgan fingerprint density at radius 1 is 1.08 bits per heavy atom. The van der Waals surface area contributed by atoms with Crippen molar-refractivity contribution in [2.24, 2.45) is 0 Å². The van der Waals surface area contributed by atoms with Gasteiger partial charge in [0.05, 0.1) is 5.02 Å². The molecule has 0 fully saturated rings. The Morgan fingerprint density at radius 3 is 2.38 bits per heavy atom. The second-order valence-corrected chi connectivity index (χ2v) is 8.30. The van der Waals surface area contributed by atoms with Crippen molar-refractivity contribution in [3.8, 4) is 0 Å². The van der Waals surface area contributed by atoms with Crippen molar-refractivity contribution in [3.63, 3.8) is 0 Å². The first-order valence-electron chi connectivity index (χ1n) is 8.12. The fourth-order valence-corrected chi connectivity index (χ4v) is 4.65. The molecule has 0 unspecified atom stereocenters. The Balaban J connectivity index is 2.24. The van der Waals surface area contributed by atoms with Gasteiger partial charge in [0.25, 0.3) is 5.91 Å². The van der Waals surface area contributed by atoms with E-state index in [1.807, 2.05) is 6.07 Å². The van der Waals surface area contributed by atoms with Gasteiger partial charge < -0.3 is 5.32 Å². The molecule has 0 spiro atoms. The molecule has 0 saturated carbocycles. The molecule has 0 atom stereocenters. The van der Waals surface area contributed by atoms with E-state index in [2.05, 4.69) is 5.32 Å². The lowest BCUT2D eigenvalue weighted by molar-refractivity contribution is 0.0950. The monoisotopic (exact) mass is 414 g/mol. The molecule has 1 N–H and O–H groups in total. The summed E-state index contributed by atoms with van der Waals surface area (Å²) in [5.74, 6) is -0.391. The summed E-state index contributed by atoms with van der Waals surface area (Å²) in [7, 11) is -3.76. The van der Waals surface area contributed by atoms with E-state index < -0.39 is 15.9 Å². The highest BCUT2D eigenvalue weighted by Gasteiger charge is 2.25. The largest absolute Gasteiger partial charge is 0.348 e. The minimum Gasteiger partial charge on any atom is -0.348 e. The molecule has 0 radical (unpaired) electrons. The van der Waals surface area contributed by atoms with Gasteiger partial charge in [0.1, 0.15) is 4.90 Å². The van der Waals surface area contributed by atoms with Gasteiger partial charge in [-0.1, -0.05) is 49.2 Å². The van der Waals surface area contributed by atoms with Crippen LogP contribution in [0.25, 0.3) is 0 Å². The van der Waals surface area contributed by atoms with Gasteiger partial charge in [0.2, 0.25) is 10.0 Å². The summed E-state index contributed by atoms with van der Waals surface area (Å²) in [5, 5.41) is 3.41. The number of carbonyl (C=O) groups is 1. The second-order valence-electron chi connectivity index (χ2n) is 5.55. The molecule has 5 nitrogen and oxygen atoms in total. The van der Waals surface area contributed by atoms with Crippen LogP contribution in [0.15, 0.2) is 47.4 Å². The Morgan fingerprint density at radius 2 is 1.77 bits per heavy atom. The minimum atomic E-state index is -3.76. The molecular formula is C18H20Cl2N2O3S. The fourth-order valence-electron chi connectivity index (χ4n) is 2.48. The zero-order valence-corrected chi connectivity index (χ0v) is 16.8. The van der Waals surface area contributed by atoms with Gasteiger partial charge >= 0.3 is 0 Å². The van der Waals surface area contributed by atoms with Crippen LogP contribution < -0.4 is 5.32 Å². The molecule has 0 aromatic heterocycles. The molecule has 0 bridgehead atoms. The van der Waals surface area contributed by atoms with Gasteiger partial charge in [-0.3, -0.25) is 4.79 Å². The van der Waals surface area contributed by atoms with Gasteiger partial charge in [0.15, 0.2) is 0 Å². The van der Waals surface area contributed by atoms with Crippen LogP contribution in [0.4, 0.5) is 0 Å². The summed E-state index contributed by atoms with van der Waals surface area (Å²) in [6.07, 6.45) is 0. The molecular weight excluding hydrogens is 395 g/mol. The smallest absolute Gasteiger partial charge is 0.251 e. The third-order valence-corrected chi connectivity index (χ3v) is 6.63. The standard InChI is InChI=1S/C18H20Cl2N2O3S/c1-3-22(4-2)26(24,25)17-11-14(8-9-16(17)20)18(23)21-12-13-6-5-7-15(19)10-13/h5-11H,3-4,12H2,1-2H3,(H,21,23). The van der Waals surface area contributed by atoms with Crippen molar-refractivity contribution in [2.45, 2.75) is 25.3 Å². The zero-order chi connectivity index (χ0) is 19.3. The van der Waals surface area contributed by atoms with E-state index in [0.717, 1.165) is 5.56 Å². The van der Waals surface area contributed by atoms with Gasteiger partial charge in [-0.2, -0.15) is 4.31 Å². The molecule has 1 amide bonds. The van der Waals surface area contributed by atoms with Crippen molar-refractivity contribution in [1.29, 1.82) is 0 Å².